The fourth-order valence-electron chi connectivity index (χ4n) is 7.79. The zero-order valence-electron chi connectivity index (χ0n) is 31.7. The van der Waals surface area contributed by atoms with Gasteiger partial charge in [0.15, 0.2) is 5.75 Å². The molecule has 3 aromatic heterocycles. The summed E-state index contributed by atoms with van der Waals surface area (Å²) in [5.74, 6) is -1.49. The van der Waals surface area contributed by atoms with Gasteiger partial charge in [0.05, 0.1) is 40.0 Å². The molecule has 8 aromatic rings. The fourth-order valence-corrected chi connectivity index (χ4v) is 14.4. The molecule has 5 aromatic carbocycles. The van der Waals surface area contributed by atoms with E-state index in [4.69, 9.17) is 73.1 Å². The summed E-state index contributed by atoms with van der Waals surface area (Å²) in [5.41, 5.74) is 0.899. The number of anilines is 1. The highest BCUT2D eigenvalue weighted by Crippen LogP contribution is 2.63. The van der Waals surface area contributed by atoms with Crippen molar-refractivity contribution in [3.63, 3.8) is 0 Å². The first-order valence-corrected chi connectivity index (χ1v) is 24.0. The van der Waals surface area contributed by atoms with Crippen molar-refractivity contribution in [2.45, 2.75) is 35.2 Å². The Morgan fingerprint density at radius 1 is 0.742 bits per heavy atom. The van der Waals surface area contributed by atoms with E-state index in [1.54, 1.807) is 0 Å². The van der Waals surface area contributed by atoms with Crippen molar-refractivity contribution >= 4 is 147 Å². The van der Waals surface area contributed by atoms with Gasteiger partial charge in [0.2, 0.25) is 5.13 Å². The number of aromatic nitrogens is 1. The number of benzene rings is 4. The van der Waals surface area contributed by atoms with Crippen LogP contribution in [0.25, 0.3) is 30.1 Å². The van der Waals surface area contributed by atoms with Gasteiger partial charge in [0.25, 0.3) is 0 Å². The summed E-state index contributed by atoms with van der Waals surface area (Å²) < 4.78 is 20.7. The van der Waals surface area contributed by atoms with Gasteiger partial charge in [-0.3, -0.25) is 5.32 Å². The van der Waals surface area contributed by atoms with Crippen LogP contribution in [0.1, 0.15) is 27.8 Å². The predicted octanol–water partition coefficient (Wildman–Crippen LogP) is 10.8. The Morgan fingerprint density at radius 3 is 1.90 bits per heavy atom. The standard InChI is InChI=1S/C45H26N4O5S8/c50-41(52-19-21-11-3-1-4-12-21)45(42(51)53-20-22-13-5-2-6-14-22)27-35(59-39-36(27)61-43(48-39)46-28-31(55)23-15-7-8-16-24(23)32(28)56)37-30(54-45)38-40(60-37)49-44(62-38)47-29-33(57)25-17-9-10-18-26(25)34(29)58/h1-18,29,44,47,49H,19-20H2. The third kappa shape index (κ3) is 6.44. The van der Waals surface area contributed by atoms with E-state index in [2.05, 4.69) is 10.6 Å². The molecule has 1 unspecified atom stereocenters. The monoisotopic (exact) mass is 958 g/mol. The first kappa shape index (κ1) is 39.9. The summed E-state index contributed by atoms with van der Waals surface area (Å²) in [6.07, 6.45) is 0. The molecule has 11 rings (SSSR count). The number of ether oxygens (including phenoxy) is 3. The van der Waals surface area contributed by atoms with Gasteiger partial charge in [-0.25, -0.2) is 19.6 Å². The molecule has 0 fully saturated rings. The number of thiophene rings is 2. The SMILES string of the molecule is O=C(OCc1ccccc1)C1(C(=O)OCc2ccccc2)Oc2c(sc3c2SC(NC2C(=S)c4ccccc4C2=S)N3)-c2sc3nc(N=c4c(=S)c5ccccc5c4=S)sc3c21. The van der Waals surface area contributed by atoms with Crippen LogP contribution in [-0.4, -0.2) is 38.2 Å². The van der Waals surface area contributed by atoms with E-state index in [-0.39, 0.29) is 24.8 Å². The minimum Gasteiger partial charge on any atom is -0.457 e. The van der Waals surface area contributed by atoms with Crippen molar-refractivity contribution in [3.8, 4) is 15.5 Å². The number of fused-ring (bicyclic) bond motifs is 9. The number of thiocarbonyl (C=S) groups is 2. The van der Waals surface area contributed by atoms with Crippen LogP contribution in [0.2, 0.25) is 0 Å². The van der Waals surface area contributed by atoms with Crippen LogP contribution in [0.4, 0.5) is 10.1 Å². The zero-order valence-corrected chi connectivity index (χ0v) is 38.2. The second-order valence-corrected chi connectivity index (χ2v) is 20.3. The lowest BCUT2D eigenvalue weighted by atomic mass is 9.91. The van der Waals surface area contributed by atoms with Gasteiger partial charge in [-0.2, -0.15) is 0 Å². The number of esters is 2. The van der Waals surface area contributed by atoms with Crippen molar-refractivity contribution in [1.29, 1.82) is 0 Å². The number of nitrogens with zero attached hydrogens (tertiary/aromatic N) is 2. The first-order chi connectivity index (χ1) is 30.2. The average molecular weight is 959 g/mol. The molecule has 0 spiro atoms. The topological polar surface area (TPSA) is 111 Å². The molecule has 2 aliphatic heterocycles. The average Bonchev–Trinajstić information content (AvgIpc) is 4.13. The molecule has 0 saturated heterocycles. The van der Waals surface area contributed by atoms with Gasteiger partial charge in [-0.05, 0) is 22.3 Å². The summed E-state index contributed by atoms with van der Waals surface area (Å²) in [4.78, 5) is 44.1. The number of hydrogen-bond donors (Lipinski definition) is 2. The van der Waals surface area contributed by atoms with Crippen molar-refractivity contribution < 1.29 is 23.8 Å². The molecule has 0 radical (unpaired) electrons. The Morgan fingerprint density at radius 2 is 1.31 bits per heavy atom. The largest absolute Gasteiger partial charge is 0.457 e. The van der Waals surface area contributed by atoms with Crippen LogP contribution < -0.4 is 20.7 Å². The van der Waals surface area contributed by atoms with Crippen LogP contribution in [0.15, 0.2) is 119 Å². The highest BCUT2D eigenvalue weighted by molar-refractivity contribution is 8.00. The highest BCUT2D eigenvalue weighted by Gasteiger charge is 2.61. The number of carbonyl (C=O) groups is 2. The van der Waals surface area contributed by atoms with E-state index in [0.717, 1.165) is 57.5 Å². The van der Waals surface area contributed by atoms with E-state index in [1.165, 1.54) is 45.8 Å². The molecule has 5 heterocycles. The molecule has 9 nitrogen and oxygen atoms in total. The third-order valence-electron chi connectivity index (χ3n) is 10.7. The Hall–Kier alpha value is -4.95. The van der Waals surface area contributed by atoms with Gasteiger partial charge in [-0.1, -0.05) is 181 Å². The van der Waals surface area contributed by atoms with Crippen molar-refractivity contribution in [2.24, 2.45) is 4.99 Å². The lowest BCUT2D eigenvalue weighted by molar-refractivity contribution is -0.183. The van der Waals surface area contributed by atoms with Crippen molar-refractivity contribution in [2.75, 3.05) is 5.32 Å². The van der Waals surface area contributed by atoms with Gasteiger partial charge in [0.1, 0.15) is 33.9 Å². The Balaban J connectivity index is 1.04. The molecule has 0 bridgehead atoms. The van der Waals surface area contributed by atoms with Crippen LogP contribution in [0.5, 0.6) is 5.75 Å². The summed E-state index contributed by atoms with van der Waals surface area (Å²) in [7, 11) is 0. The molecule has 0 amide bonds. The Bertz CT molecular complexity index is 3230. The molecule has 304 valence electrons. The van der Waals surface area contributed by atoms with Gasteiger partial charge in [-0.15, -0.1) is 22.7 Å². The molecule has 17 heteroatoms. The lowest BCUT2D eigenvalue weighted by Gasteiger charge is -2.34. The number of hydrogen-bond acceptors (Lipinski definition) is 17. The minimum atomic E-state index is -2.40. The Labute approximate surface area is 390 Å². The van der Waals surface area contributed by atoms with Gasteiger partial charge in [0, 0.05) is 20.5 Å². The maximum atomic E-state index is 15.1. The van der Waals surface area contributed by atoms with Crippen molar-refractivity contribution in [3.05, 3.63) is 151 Å². The van der Waals surface area contributed by atoms with Crippen LogP contribution in [0.3, 0.4) is 0 Å². The summed E-state index contributed by atoms with van der Waals surface area (Å²) in [5, 5.41) is 10.5. The normalized spacial score (nSPS) is 16.0. The third-order valence-corrected chi connectivity index (χ3v) is 17.2. The highest BCUT2D eigenvalue weighted by atomic mass is 32.2. The number of carbonyl (C=O) groups excluding carboxylic acids is 2. The molecule has 0 saturated carbocycles. The van der Waals surface area contributed by atoms with Crippen LogP contribution in [0, 0.1) is 9.02 Å². The summed E-state index contributed by atoms with van der Waals surface area (Å²) in [6.45, 7) is -0.228. The molecule has 1 aliphatic carbocycles. The lowest BCUT2D eigenvalue weighted by Crippen LogP contribution is -2.52. The molecular formula is C45H26N4O5S8. The second-order valence-electron chi connectivity index (χ2n) is 14.4. The van der Waals surface area contributed by atoms with Crippen molar-refractivity contribution in [1.82, 2.24) is 10.3 Å². The first-order valence-electron chi connectivity index (χ1n) is 19.1. The van der Waals surface area contributed by atoms with E-state index in [0.29, 0.717) is 45.2 Å². The molecule has 2 N–H and O–H groups in total. The van der Waals surface area contributed by atoms with Crippen LogP contribution in [-0.2, 0) is 37.9 Å². The fraction of sp³-hybridized carbons (Fsp3) is 0.111. The zero-order chi connectivity index (χ0) is 42.3. The molecule has 1 atom stereocenters. The van der Waals surface area contributed by atoms with E-state index < -0.39 is 17.5 Å². The predicted molar refractivity (Wildman–Crippen MR) is 259 cm³/mol. The number of thioether (sulfide) groups is 1. The quantitative estimate of drug-likeness (QED) is 0.0814. The number of rotatable bonds is 9. The molecule has 3 aliphatic rings. The maximum Gasteiger partial charge on any atom is 0.367 e. The van der Waals surface area contributed by atoms with E-state index in [9.17, 15) is 0 Å². The smallest absolute Gasteiger partial charge is 0.367 e. The van der Waals surface area contributed by atoms with Gasteiger partial charge < -0.3 is 19.5 Å². The molecular weight excluding hydrogens is 933 g/mol. The maximum absolute atomic E-state index is 15.1. The Kier molecular flexibility index (Phi) is 10.1. The number of nitrogens with one attached hydrogen (secondary N) is 2. The summed E-state index contributed by atoms with van der Waals surface area (Å²) in [6, 6.07) is 33.7. The van der Waals surface area contributed by atoms with Gasteiger partial charge >= 0.3 is 17.5 Å². The minimum absolute atomic E-state index is 0.114. The van der Waals surface area contributed by atoms with Crippen LogP contribution >= 0.6 is 94.6 Å². The second kappa shape index (κ2) is 15.7. The summed E-state index contributed by atoms with van der Waals surface area (Å²) >= 11 is 28.9. The van der Waals surface area contributed by atoms with E-state index in [1.807, 2.05) is 109 Å². The number of thiazole rings is 1. The van der Waals surface area contributed by atoms with E-state index >= 15 is 9.59 Å². The molecule has 62 heavy (non-hydrogen) atoms.